The number of aryl methyl sites for hydroxylation is 1. The average Bonchev–Trinajstić information content (AvgIpc) is 3.44. The summed E-state index contributed by atoms with van der Waals surface area (Å²) >= 11 is 0. The molecule has 9 rings (SSSR count). The highest BCUT2D eigenvalue weighted by atomic mass is 16.5. The molecule has 0 aliphatic carbocycles. The van der Waals surface area contributed by atoms with E-state index in [0.717, 1.165) is 82.1 Å². The van der Waals surface area contributed by atoms with Gasteiger partial charge in [0.25, 0.3) is 5.91 Å². The number of benzene rings is 3. The number of carbonyl (C=O) groups excluding carboxylic acids is 1. The lowest BCUT2D eigenvalue weighted by atomic mass is 9.84. The van der Waals surface area contributed by atoms with Crippen LogP contribution >= 0.6 is 0 Å². The number of rotatable bonds is 20. The van der Waals surface area contributed by atoms with Crippen molar-refractivity contribution in [2.45, 2.75) is 118 Å². The van der Waals surface area contributed by atoms with E-state index >= 15 is 0 Å². The van der Waals surface area contributed by atoms with Crippen molar-refractivity contribution < 1.29 is 29.6 Å². The van der Waals surface area contributed by atoms with Gasteiger partial charge >= 0.3 is 0 Å². The van der Waals surface area contributed by atoms with Gasteiger partial charge in [0.05, 0.1) is 49.2 Å². The van der Waals surface area contributed by atoms with Crippen molar-refractivity contribution in [2.24, 2.45) is 0 Å². The number of ether oxygens (including phenoxy) is 2. The predicted octanol–water partition coefficient (Wildman–Crippen LogP) is 9.95. The summed E-state index contributed by atoms with van der Waals surface area (Å²) in [5.74, 6) is 0.343. The van der Waals surface area contributed by atoms with Crippen LogP contribution in [-0.4, -0.2) is 113 Å². The molecule has 420 valence electrons. The Morgan fingerprint density at radius 1 is 0.525 bits per heavy atom. The van der Waals surface area contributed by atoms with Crippen molar-refractivity contribution in [3.05, 3.63) is 194 Å². The Morgan fingerprint density at radius 2 is 0.950 bits per heavy atom. The molecule has 15 heteroatoms. The van der Waals surface area contributed by atoms with E-state index in [1.165, 1.54) is 0 Å². The zero-order chi connectivity index (χ0) is 56.4. The molecule has 0 saturated carbocycles. The molecular weight excluding hydrogens is 1000 g/mol. The smallest absolute Gasteiger partial charge is 0.251 e. The molecule has 4 N–H and O–H groups in total. The van der Waals surface area contributed by atoms with E-state index in [1.54, 1.807) is 36.9 Å². The normalized spacial score (nSPS) is 14.7. The van der Waals surface area contributed by atoms with Crippen LogP contribution in [0.3, 0.4) is 0 Å². The van der Waals surface area contributed by atoms with Crippen LogP contribution in [0.2, 0.25) is 0 Å². The fraction of sp³-hybridized carbons (Fsp3) is 0.400. The number of nitrogens with zero attached hydrogens (tertiary/aromatic N) is 8. The second-order valence-corrected chi connectivity index (χ2v) is 23.6. The maximum atomic E-state index is 14.1. The van der Waals surface area contributed by atoms with Crippen molar-refractivity contribution in [1.82, 2.24) is 44.9 Å². The number of nitrogens with one attached hydrogen (secondary N) is 1. The molecule has 0 atom stereocenters. The molecule has 6 heterocycles. The topological polar surface area (TPSA) is 173 Å². The molecule has 0 spiro atoms. The molecule has 15 nitrogen and oxygen atoms in total. The van der Waals surface area contributed by atoms with Crippen LogP contribution in [0.25, 0.3) is 11.4 Å². The summed E-state index contributed by atoms with van der Waals surface area (Å²) in [6, 6.07) is 31.5. The first kappa shape index (κ1) is 57.6. The third kappa shape index (κ3) is 15.4. The van der Waals surface area contributed by atoms with Gasteiger partial charge in [-0.1, -0.05) is 77.9 Å². The molecule has 0 radical (unpaired) electrons. The minimum Gasteiger partial charge on any atom is -0.507 e. The van der Waals surface area contributed by atoms with E-state index < -0.39 is 0 Å². The Bertz CT molecular complexity index is 3050. The predicted molar refractivity (Wildman–Crippen MR) is 312 cm³/mol. The summed E-state index contributed by atoms with van der Waals surface area (Å²) in [6.45, 7) is 24.3. The third-order valence-corrected chi connectivity index (χ3v) is 15.0. The largest absolute Gasteiger partial charge is 0.507 e. The monoisotopic (exact) mass is 1080 g/mol. The van der Waals surface area contributed by atoms with E-state index in [-0.39, 0.29) is 53.6 Å². The lowest BCUT2D eigenvalue weighted by molar-refractivity contribution is 0.0338. The number of carbonyl (C=O) groups is 1. The van der Waals surface area contributed by atoms with Gasteiger partial charge in [0.2, 0.25) is 0 Å². The van der Waals surface area contributed by atoms with E-state index in [1.807, 2.05) is 67.6 Å². The standard InChI is InChI=1S/C65H79N9O6/c1-45-14-18-68-58(28-45)59-35-47(15-19-69-59)63(78)70-36-46-29-48(39-73(43-56-12-8-10-16-66-56)41-52-33-54(64(2,3)4)31-50(61(52)76)37-71-20-24-79-25-21-71)60(75)49(30-46)40-74(44-57-13-9-11-17-67-57)42-53-34-55(65(5,6)7)32-51(62(53)77)38-72-22-26-80-27-23-72/h8-19,28-35,75-77H,20-27,36-44H2,1-7H3,(H,70,78). The fourth-order valence-corrected chi connectivity index (χ4v) is 10.5. The third-order valence-electron chi connectivity index (χ3n) is 15.0. The minimum atomic E-state index is -0.282. The summed E-state index contributed by atoms with van der Waals surface area (Å²) in [6.07, 6.45) is 6.92. The van der Waals surface area contributed by atoms with Gasteiger partial charge in [-0.05, 0) is 101 Å². The van der Waals surface area contributed by atoms with Gasteiger partial charge in [-0.25, -0.2) is 0 Å². The highest BCUT2D eigenvalue weighted by Crippen LogP contribution is 2.37. The number of hydrogen-bond acceptors (Lipinski definition) is 14. The van der Waals surface area contributed by atoms with Gasteiger partial charge in [-0.3, -0.25) is 44.3 Å². The minimum absolute atomic E-state index is 0.114. The van der Waals surface area contributed by atoms with Crippen molar-refractivity contribution in [3.8, 4) is 28.6 Å². The van der Waals surface area contributed by atoms with E-state index in [4.69, 9.17) is 19.4 Å². The lowest BCUT2D eigenvalue weighted by Gasteiger charge is -2.30. The Morgan fingerprint density at radius 3 is 1.39 bits per heavy atom. The van der Waals surface area contributed by atoms with E-state index in [0.29, 0.717) is 93.8 Å². The van der Waals surface area contributed by atoms with Crippen molar-refractivity contribution in [2.75, 3.05) is 52.6 Å². The highest BCUT2D eigenvalue weighted by molar-refractivity contribution is 5.95. The molecule has 0 unspecified atom stereocenters. The first-order chi connectivity index (χ1) is 38.4. The number of morpholine rings is 2. The maximum absolute atomic E-state index is 14.1. The number of amides is 1. The lowest BCUT2D eigenvalue weighted by Crippen LogP contribution is -2.35. The first-order valence-corrected chi connectivity index (χ1v) is 28.0. The Kier molecular flexibility index (Phi) is 18.7. The summed E-state index contributed by atoms with van der Waals surface area (Å²) in [5.41, 5.74) is 11.6. The fourth-order valence-electron chi connectivity index (χ4n) is 10.5. The van der Waals surface area contributed by atoms with Crippen LogP contribution in [0.5, 0.6) is 17.2 Å². The zero-order valence-electron chi connectivity index (χ0n) is 47.7. The van der Waals surface area contributed by atoms with Crippen LogP contribution in [0, 0.1) is 6.92 Å². The molecule has 80 heavy (non-hydrogen) atoms. The summed E-state index contributed by atoms with van der Waals surface area (Å²) in [5, 5.41) is 40.5. The number of aromatic hydroxyl groups is 3. The Balaban J connectivity index is 1.10. The van der Waals surface area contributed by atoms with E-state index in [9.17, 15) is 20.1 Å². The van der Waals surface area contributed by atoms with Gasteiger partial charge in [-0.2, -0.15) is 0 Å². The quantitative estimate of drug-likeness (QED) is 0.0568. The van der Waals surface area contributed by atoms with Gasteiger partial charge in [0.1, 0.15) is 17.2 Å². The number of pyridine rings is 4. The molecular formula is C65H79N9O6. The molecule has 2 aliphatic rings. The van der Waals surface area contributed by atoms with Crippen molar-refractivity contribution >= 4 is 5.91 Å². The average molecular weight is 1080 g/mol. The SMILES string of the molecule is Cc1ccnc(-c2cc(C(=O)NCc3cc(CN(Cc4ccccn4)Cc4cc(C(C)(C)C)cc(CN5CCOCC5)c4O)c(O)c(CN(Cc4ccccn4)Cc4cc(C(C)(C)C)cc(CN5CCOCC5)c4O)c3)ccn2)c1. The molecule has 2 fully saturated rings. The molecule has 3 aromatic carbocycles. The maximum Gasteiger partial charge on any atom is 0.251 e. The molecule has 0 bridgehead atoms. The zero-order valence-corrected chi connectivity index (χ0v) is 47.7. The molecule has 2 aliphatic heterocycles. The van der Waals surface area contributed by atoms with Gasteiger partial charge < -0.3 is 30.1 Å². The first-order valence-electron chi connectivity index (χ1n) is 28.0. The van der Waals surface area contributed by atoms with Crippen LogP contribution in [0.4, 0.5) is 0 Å². The molecule has 4 aromatic heterocycles. The number of hydrogen-bond donors (Lipinski definition) is 4. The van der Waals surface area contributed by atoms with Crippen molar-refractivity contribution in [3.63, 3.8) is 0 Å². The second-order valence-electron chi connectivity index (χ2n) is 23.6. The summed E-state index contributed by atoms with van der Waals surface area (Å²) in [7, 11) is 0. The Labute approximate surface area is 472 Å². The summed E-state index contributed by atoms with van der Waals surface area (Å²) < 4.78 is 11.3. The van der Waals surface area contributed by atoms with Gasteiger partial charge in [0, 0.05) is 149 Å². The van der Waals surface area contributed by atoms with Gasteiger partial charge in [-0.15, -0.1) is 0 Å². The van der Waals surface area contributed by atoms with Crippen LogP contribution in [0.1, 0.15) is 119 Å². The molecule has 1 amide bonds. The van der Waals surface area contributed by atoms with Crippen LogP contribution in [-0.2, 0) is 79.2 Å². The Hall–Kier alpha value is -7.11. The van der Waals surface area contributed by atoms with Crippen molar-refractivity contribution in [1.29, 1.82) is 0 Å². The van der Waals surface area contributed by atoms with E-state index in [2.05, 4.69) is 101 Å². The summed E-state index contributed by atoms with van der Waals surface area (Å²) in [4.78, 5) is 41.7. The molecule has 7 aromatic rings. The van der Waals surface area contributed by atoms with Crippen LogP contribution in [0.15, 0.2) is 122 Å². The van der Waals surface area contributed by atoms with Gasteiger partial charge in [0.15, 0.2) is 0 Å². The molecule has 2 saturated heterocycles. The highest BCUT2D eigenvalue weighted by Gasteiger charge is 2.27. The second kappa shape index (κ2) is 26.0. The number of phenolic OH excluding ortho intramolecular Hbond substituents is 3. The number of phenols is 3. The van der Waals surface area contributed by atoms with Crippen LogP contribution < -0.4 is 5.32 Å². The number of aromatic nitrogens is 4.